The highest BCUT2D eigenvalue weighted by molar-refractivity contribution is 7.07. The largest absolute Gasteiger partial charge is 0.387 e. The Balaban J connectivity index is 1.54. The van der Waals surface area contributed by atoms with Crippen LogP contribution in [0.5, 0.6) is 0 Å². The lowest BCUT2D eigenvalue weighted by atomic mass is 10.2. The number of aliphatic hydroxyl groups is 1. The first kappa shape index (κ1) is 16.2. The van der Waals surface area contributed by atoms with Crippen LogP contribution >= 0.6 is 11.3 Å². The maximum atomic E-state index is 12.0. The molecule has 0 aliphatic rings. The topological polar surface area (TPSA) is 92.1 Å². The van der Waals surface area contributed by atoms with E-state index in [-0.39, 0.29) is 6.54 Å². The molecule has 3 N–H and O–H groups in total. The molecule has 7 nitrogen and oxygen atoms in total. The fourth-order valence-electron chi connectivity index (χ4n) is 2.14. The van der Waals surface area contributed by atoms with Crippen LogP contribution in [0.2, 0.25) is 0 Å². The molecule has 0 fully saturated rings. The molecular formula is C16H17N5O2S. The van der Waals surface area contributed by atoms with Crippen molar-refractivity contribution in [3.05, 3.63) is 64.7 Å². The number of pyridine rings is 1. The summed E-state index contributed by atoms with van der Waals surface area (Å²) in [6.45, 7) is 0.595. The number of carbonyl (C=O) groups is 1. The smallest absolute Gasteiger partial charge is 0.320 e. The van der Waals surface area contributed by atoms with Crippen LogP contribution in [0.3, 0.4) is 0 Å². The van der Waals surface area contributed by atoms with E-state index in [9.17, 15) is 9.90 Å². The molecule has 8 heteroatoms. The van der Waals surface area contributed by atoms with Crippen molar-refractivity contribution in [2.75, 3.05) is 11.9 Å². The van der Waals surface area contributed by atoms with Crippen LogP contribution < -0.4 is 10.6 Å². The molecule has 3 aromatic rings. The quantitative estimate of drug-likeness (QED) is 0.640. The maximum Gasteiger partial charge on any atom is 0.320 e. The minimum absolute atomic E-state index is 0.136. The summed E-state index contributed by atoms with van der Waals surface area (Å²) in [6, 6.07) is 8.78. The van der Waals surface area contributed by atoms with Crippen LogP contribution in [0.1, 0.15) is 17.4 Å². The van der Waals surface area contributed by atoms with Gasteiger partial charge in [0.15, 0.2) is 0 Å². The van der Waals surface area contributed by atoms with Crippen molar-refractivity contribution >= 4 is 23.2 Å². The molecule has 0 saturated carbocycles. The molecule has 1 unspecified atom stereocenters. The van der Waals surface area contributed by atoms with Crippen LogP contribution in [0.25, 0.3) is 0 Å². The highest BCUT2D eigenvalue weighted by Crippen LogP contribution is 2.15. The number of carbonyl (C=O) groups excluding carboxylic acids is 1. The van der Waals surface area contributed by atoms with Gasteiger partial charge in [-0.25, -0.2) is 9.48 Å². The van der Waals surface area contributed by atoms with Crippen molar-refractivity contribution in [2.45, 2.75) is 12.6 Å². The minimum atomic E-state index is -0.722. The number of aliphatic hydroxyl groups excluding tert-OH is 1. The van der Waals surface area contributed by atoms with E-state index in [1.807, 2.05) is 35.0 Å². The predicted octanol–water partition coefficient (Wildman–Crippen LogP) is 2.24. The first-order valence-corrected chi connectivity index (χ1v) is 8.33. The van der Waals surface area contributed by atoms with Gasteiger partial charge in [-0.3, -0.25) is 10.3 Å². The summed E-state index contributed by atoms with van der Waals surface area (Å²) in [5.74, 6) is 0.558. The molecule has 0 aromatic carbocycles. The lowest BCUT2D eigenvalue weighted by molar-refractivity contribution is 0.175. The first-order chi connectivity index (χ1) is 11.7. The average molecular weight is 343 g/mol. The Morgan fingerprint density at radius 2 is 2.21 bits per heavy atom. The second-order valence-electron chi connectivity index (χ2n) is 5.10. The Hall–Kier alpha value is -2.71. The Morgan fingerprint density at radius 1 is 1.29 bits per heavy atom. The molecule has 0 radical (unpaired) electrons. The summed E-state index contributed by atoms with van der Waals surface area (Å²) in [5, 5.41) is 23.3. The van der Waals surface area contributed by atoms with E-state index in [1.54, 1.807) is 23.1 Å². The van der Waals surface area contributed by atoms with Crippen LogP contribution in [0.15, 0.2) is 53.5 Å². The summed E-state index contributed by atoms with van der Waals surface area (Å²) in [5.41, 5.74) is 1.64. The van der Waals surface area contributed by atoms with Crippen molar-refractivity contribution in [2.24, 2.45) is 0 Å². The Bertz CT molecular complexity index is 773. The number of thiophene rings is 1. The SMILES string of the molecule is O=C(NCC(O)c1ccsc1)Nc1ccnn1Cc1ccccn1. The van der Waals surface area contributed by atoms with Gasteiger partial charge in [0.25, 0.3) is 0 Å². The van der Waals surface area contributed by atoms with Gasteiger partial charge in [-0.1, -0.05) is 6.07 Å². The van der Waals surface area contributed by atoms with E-state index < -0.39 is 12.1 Å². The van der Waals surface area contributed by atoms with E-state index in [4.69, 9.17) is 0 Å². The summed E-state index contributed by atoms with van der Waals surface area (Å²) >= 11 is 1.50. The number of aromatic nitrogens is 3. The molecule has 0 aliphatic heterocycles. The van der Waals surface area contributed by atoms with Gasteiger partial charge in [-0.05, 0) is 34.5 Å². The minimum Gasteiger partial charge on any atom is -0.387 e. The number of urea groups is 1. The van der Waals surface area contributed by atoms with Crippen LogP contribution in [-0.2, 0) is 6.54 Å². The monoisotopic (exact) mass is 343 g/mol. The number of nitrogens with one attached hydrogen (secondary N) is 2. The van der Waals surface area contributed by atoms with Gasteiger partial charge in [0.2, 0.25) is 0 Å². The zero-order valence-corrected chi connectivity index (χ0v) is 13.6. The van der Waals surface area contributed by atoms with Gasteiger partial charge >= 0.3 is 6.03 Å². The van der Waals surface area contributed by atoms with E-state index in [0.717, 1.165) is 11.3 Å². The van der Waals surface area contributed by atoms with Crippen LogP contribution in [0.4, 0.5) is 10.6 Å². The van der Waals surface area contributed by atoms with E-state index in [1.165, 1.54) is 11.3 Å². The fraction of sp³-hybridized carbons (Fsp3) is 0.188. The first-order valence-electron chi connectivity index (χ1n) is 7.39. The molecule has 2 amide bonds. The van der Waals surface area contributed by atoms with Gasteiger partial charge < -0.3 is 10.4 Å². The second-order valence-corrected chi connectivity index (χ2v) is 5.88. The van der Waals surface area contributed by atoms with Crippen molar-refractivity contribution in [3.63, 3.8) is 0 Å². The van der Waals surface area contributed by atoms with Crippen LogP contribution in [0, 0.1) is 0 Å². The third kappa shape index (κ3) is 4.18. The Morgan fingerprint density at radius 3 is 2.96 bits per heavy atom. The summed E-state index contributed by atoms with van der Waals surface area (Å²) in [4.78, 5) is 16.2. The molecule has 24 heavy (non-hydrogen) atoms. The van der Waals surface area contributed by atoms with E-state index in [2.05, 4.69) is 20.7 Å². The number of anilines is 1. The molecule has 0 saturated heterocycles. The third-order valence-electron chi connectivity index (χ3n) is 3.38. The van der Waals surface area contributed by atoms with Crippen LogP contribution in [-0.4, -0.2) is 32.4 Å². The molecular weight excluding hydrogens is 326 g/mol. The molecule has 3 rings (SSSR count). The van der Waals surface area contributed by atoms with Crippen molar-refractivity contribution < 1.29 is 9.90 Å². The second kappa shape index (κ2) is 7.71. The molecule has 0 aliphatic carbocycles. The van der Waals surface area contributed by atoms with E-state index in [0.29, 0.717) is 12.4 Å². The highest BCUT2D eigenvalue weighted by atomic mass is 32.1. The van der Waals surface area contributed by atoms with Crippen molar-refractivity contribution in [3.8, 4) is 0 Å². The normalized spacial score (nSPS) is 11.9. The average Bonchev–Trinajstić information content (AvgIpc) is 3.26. The lowest BCUT2D eigenvalue weighted by Gasteiger charge is -2.12. The van der Waals surface area contributed by atoms with Gasteiger partial charge in [0.05, 0.1) is 24.5 Å². The van der Waals surface area contributed by atoms with Gasteiger partial charge in [0.1, 0.15) is 5.82 Å². The predicted molar refractivity (Wildman–Crippen MR) is 91.9 cm³/mol. The molecule has 0 spiro atoms. The number of hydrogen-bond donors (Lipinski definition) is 3. The molecule has 3 heterocycles. The number of amides is 2. The van der Waals surface area contributed by atoms with Crippen molar-refractivity contribution in [1.82, 2.24) is 20.1 Å². The summed E-state index contributed by atoms with van der Waals surface area (Å²) < 4.78 is 1.65. The molecule has 124 valence electrons. The highest BCUT2D eigenvalue weighted by Gasteiger charge is 2.11. The third-order valence-corrected chi connectivity index (χ3v) is 4.08. The number of nitrogens with zero attached hydrogens (tertiary/aromatic N) is 3. The Kier molecular flexibility index (Phi) is 5.19. The molecule has 3 aromatic heterocycles. The summed E-state index contributed by atoms with van der Waals surface area (Å²) in [6.07, 6.45) is 2.60. The maximum absolute atomic E-state index is 12.0. The van der Waals surface area contributed by atoms with Crippen molar-refractivity contribution in [1.29, 1.82) is 0 Å². The molecule has 0 bridgehead atoms. The number of rotatable bonds is 6. The standard InChI is InChI=1S/C16H17N5O2S/c22-14(12-5-8-24-11-12)9-18-16(23)20-15-4-7-19-21(15)10-13-3-1-2-6-17-13/h1-8,11,14,22H,9-10H2,(H2,18,20,23). The molecule has 1 atom stereocenters. The fourth-order valence-corrected chi connectivity index (χ4v) is 2.85. The van der Waals surface area contributed by atoms with Gasteiger partial charge in [0, 0.05) is 18.8 Å². The van der Waals surface area contributed by atoms with Gasteiger partial charge in [-0.2, -0.15) is 16.4 Å². The number of hydrogen-bond acceptors (Lipinski definition) is 5. The Labute approximate surface area is 143 Å². The zero-order valence-electron chi connectivity index (χ0n) is 12.8. The zero-order chi connectivity index (χ0) is 16.8. The summed E-state index contributed by atoms with van der Waals surface area (Å²) in [7, 11) is 0. The lowest BCUT2D eigenvalue weighted by Crippen LogP contribution is -2.33. The van der Waals surface area contributed by atoms with Gasteiger partial charge in [-0.15, -0.1) is 0 Å². The van der Waals surface area contributed by atoms with E-state index >= 15 is 0 Å².